The molecule has 2 amide bonds. The van der Waals surface area contributed by atoms with Gasteiger partial charge in [0.15, 0.2) is 0 Å². The maximum Gasteiger partial charge on any atom is 0.341 e. The molecule has 0 aliphatic carbocycles. The summed E-state index contributed by atoms with van der Waals surface area (Å²) >= 11 is 7.14. The minimum absolute atomic E-state index is 0.147. The average Bonchev–Trinajstić information content (AvgIpc) is 3.08. The molecule has 4 N–H and O–H groups in total. The molecular formula is C23H22ClN3O4S. The van der Waals surface area contributed by atoms with Crippen LogP contribution in [-0.2, 0) is 4.74 Å². The summed E-state index contributed by atoms with van der Waals surface area (Å²) in [5.74, 6) is -1.47. The quantitative estimate of drug-likeness (QED) is 0.334. The number of halogens is 1. The Morgan fingerprint density at radius 3 is 2.34 bits per heavy atom. The van der Waals surface area contributed by atoms with Crippen molar-refractivity contribution >= 4 is 57.1 Å². The molecular weight excluding hydrogens is 450 g/mol. The third-order valence-corrected chi connectivity index (χ3v) is 6.36. The molecule has 0 spiro atoms. The van der Waals surface area contributed by atoms with Gasteiger partial charge in [-0.3, -0.25) is 9.59 Å². The van der Waals surface area contributed by atoms with Crippen molar-refractivity contribution in [2.24, 2.45) is 0 Å². The van der Waals surface area contributed by atoms with Crippen LogP contribution in [-0.4, -0.2) is 24.4 Å². The first-order chi connectivity index (χ1) is 15.2. The van der Waals surface area contributed by atoms with Gasteiger partial charge < -0.3 is 21.1 Å². The van der Waals surface area contributed by atoms with Gasteiger partial charge in [-0.2, -0.15) is 0 Å². The molecule has 0 saturated carbocycles. The van der Waals surface area contributed by atoms with E-state index in [0.29, 0.717) is 27.5 Å². The van der Waals surface area contributed by atoms with E-state index < -0.39 is 17.8 Å². The molecule has 0 radical (unpaired) electrons. The van der Waals surface area contributed by atoms with Gasteiger partial charge in [0, 0.05) is 22.0 Å². The molecule has 1 heterocycles. The number of nitrogens with one attached hydrogen (secondary N) is 2. The Morgan fingerprint density at radius 2 is 1.69 bits per heavy atom. The summed E-state index contributed by atoms with van der Waals surface area (Å²) in [5, 5.41) is 6.30. The maximum atomic E-state index is 13.0. The number of carbonyl (C=O) groups excluding carboxylic acids is 3. The molecule has 0 fully saturated rings. The first-order valence-electron chi connectivity index (χ1n) is 9.76. The minimum atomic E-state index is -0.619. The highest BCUT2D eigenvalue weighted by atomic mass is 35.5. The molecule has 0 atom stereocenters. The highest BCUT2D eigenvalue weighted by Gasteiger charge is 2.27. The summed E-state index contributed by atoms with van der Waals surface area (Å²) in [6.07, 6.45) is 0. The van der Waals surface area contributed by atoms with Gasteiger partial charge in [-0.05, 0) is 68.3 Å². The van der Waals surface area contributed by atoms with Crippen LogP contribution in [0.15, 0.2) is 42.5 Å². The van der Waals surface area contributed by atoms with Crippen LogP contribution < -0.4 is 16.4 Å². The summed E-state index contributed by atoms with van der Waals surface area (Å²) in [6.45, 7) is 5.27. The first kappa shape index (κ1) is 23.3. The van der Waals surface area contributed by atoms with Gasteiger partial charge in [0.25, 0.3) is 11.8 Å². The molecule has 3 rings (SSSR count). The standard InChI is InChI=1S/C23H22ClN3O4S/c1-4-31-23(30)18-13(3)19(21(29)26-17-7-5-6-16(24)12(17)2)32-22(18)27-20(28)14-8-10-15(25)11-9-14/h5-11H,4,25H2,1-3H3,(H,26,29)(H,27,28). The van der Waals surface area contributed by atoms with E-state index in [4.69, 9.17) is 22.1 Å². The highest BCUT2D eigenvalue weighted by molar-refractivity contribution is 7.19. The summed E-state index contributed by atoms with van der Waals surface area (Å²) < 4.78 is 5.15. The Balaban J connectivity index is 1.96. The van der Waals surface area contributed by atoms with Crippen molar-refractivity contribution in [3.63, 3.8) is 0 Å². The fraction of sp³-hybridized carbons (Fsp3) is 0.174. The molecule has 32 heavy (non-hydrogen) atoms. The number of thiophene rings is 1. The normalized spacial score (nSPS) is 10.5. The van der Waals surface area contributed by atoms with Crippen molar-refractivity contribution in [3.8, 4) is 0 Å². The predicted octanol–water partition coefficient (Wildman–Crippen LogP) is 5.28. The number of amides is 2. The summed E-state index contributed by atoms with van der Waals surface area (Å²) in [4.78, 5) is 38.6. The number of carbonyl (C=O) groups is 3. The average molecular weight is 472 g/mol. The van der Waals surface area contributed by atoms with Gasteiger partial charge in [0.05, 0.1) is 17.0 Å². The topological polar surface area (TPSA) is 111 Å². The smallest absolute Gasteiger partial charge is 0.341 e. The molecule has 0 bridgehead atoms. The second kappa shape index (κ2) is 9.84. The molecule has 9 heteroatoms. The second-order valence-corrected chi connectivity index (χ2v) is 8.35. The number of nitrogen functional groups attached to an aromatic ring is 1. The van der Waals surface area contributed by atoms with Crippen LogP contribution in [0.4, 0.5) is 16.4 Å². The zero-order valence-electron chi connectivity index (χ0n) is 17.7. The van der Waals surface area contributed by atoms with Crippen molar-refractivity contribution in [2.75, 3.05) is 23.0 Å². The van der Waals surface area contributed by atoms with Crippen molar-refractivity contribution in [2.45, 2.75) is 20.8 Å². The number of rotatable bonds is 6. The van der Waals surface area contributed by atoms with E-state index in [0.717, 1.165) is 16.9 Å². The van der Waals surface area contributed by atoms with Crippen molar-refractivity contribution < 1.29 is 19.1 Å². The Morgan fingerprint density at radius 1 is 1.00 bits per heavy atom. The number of nitrogens with two attached hydrogens (primary N) is 1. The summed E-state index contributed by atoms with van der Waals surface area (Å²) in [5.41, 5.74) is 8.40. The number of benzene rings is 2. The number of hydrogen-bond donors (Lipinski definition) is 3. The van der Waals surface area contributed by atoms with Crippen LogP contribution in [0.3, 0.4) is 0 Å². The van der Waals surface area contributed by atoms with Crippen molar-refractivity contribution in [1.29, 1.82) is 0 Å². The lowest BCUT2D eigenvalue weighted by molar-refractivity contribution is 0.0527. The van der Waals surface area contributed by atoms with Gasteiger partial charge in [-0.25, -0.2) is 4.79 Å². The lowest BCUT2D eigenvalue weighted by Crippen LogP contribution is -2.15. The number of anilines is 3. The van der Waals surface area contributed by atoms with Crippen LogP contribution in [0.5, 0.6) is 0 Å². The zero-order valence-corrected chi connectivity index (χ0v) is 19.3. The molecule has 7 nitrogen and oxygen atoms in total. The predicted molar refractivity (Wildman–Crippen MR) is 128 cm³/mol. The summed E-state index contributed by atoms with van der Waals surface area (Å²) in [6, 6.07) is 11.6. The van der Waals surface area contributed by atoms with E-state index in [1.54, 1.807) is 63.2 Å². The Labute approximate surface area is 194 Å². The van der Waals surface area contributed by atoms with Gasteiger partial charge in [0.1, 0.15) is 5.00 Å². The molecule has 1 aromatic heterocycles. The van der Waals surface area contributed by atoms with Crippen molar-refractivity contribution in [1.82, 2.24) is 0 Å². The fourth-order valence-corrected chi connectivity index (χ4v) is 4.26. The lowest BCUT2D eigenvalue weighted by Gasteiger charge is -2.09. The Kier molecular flexibility index (Phi) is 7.17. The zero-order chi connectivity index (χ0) is 23.4. The van der Waals surface area contributed by atoms with Gasteiger partial charge in [-0.15, -0.1) is 11.3 Å². The maximum absolute atomic E-state index is 13.0. The van der Waals surface area contributed by atoms with Gasteiger partial charge in [-0.1, -0.05) is 17.7 Å². The van der Waals surface area contributed by atoms with E-state index in [1.165, 1.54) is 0 Å². The molecule has 0 unspecified atom stereocenters. The molecule has 2 aromatic carbocycles. The molecule has 0 saturated heterocycles. The molecule has 0 aliphatic rings. The van der Waals surface area contributed by atoms with E-state index in [2.05, 4.69) is 10.6 Å². The minimum Gasteiger partial charge on any atom is -0.462 e. The summed E-state index contributed by atoms with van der Waals surface area (Å²) in [7, 11) is 0. The largest absolute Gasteiger partial charge is 0.462 e. The van der Waals surface area contributed by atoms with E-state index in [-0.39, 0.29) is 22.0 Å². The van der Waals surface area contributed by atoms with Gasteiger partial charge >= 0.3 is 5.97 Å². The first-order valence-corrected chi connectivity index (χ1v) is 11.0. The van der Waals surface area contributed by atoms with E-state index in [1.807, 2.05) is 0 Å². The fourth-order valence-electron chi connectivity index (χ4n) is 3.00. The third-order valence-electron chi connectivity index (χ3n) is 4.75. The Hall–Kier alpha value is -3.36. The number of hydrogen-bond acceptors (Lipinski definition) is 6. The number of ether oxygens (including phenoxy) is 1. The second-order valence-electron chi connectivity index (χ2n) is 6.92. The van der Waals surface area contributed by atoms with E-state index >= 15 is 0 Å². The van der Waals surface area contributed by atoms with E-state index in [9.17, 15) is 14.4 Å². The molecule has 3 aromatic rings. The SMILES string of the molecule is CCOC(=O)c1c(NC(=O)c2ccc(N)cc2)sc(C(=O)Nc2cccc(Cl)c2C)c1C. The third kappa shape index (κ3) is 4.92. The molecule has 0 aliphatic heterocycles. The van der Waals surface area contributed by atoms with Crippen LogP contribution in [0.2, 0.25) is 5.02 Å². The van der Waals surface area contributed by atoms with Gasteiger partial charge in [0.2, 0.25) is 0 Å². The van der Waals surface area contributed by atoms with Crippen LogP contribution >= 0.6 is 22.9 Å². The number of esters is 1. The van der Waals surface area contributed by atoms with Crippen LogP contribution in [0, 0.1) is 13.8 Å². The lowest BCUT2D eigenvalue weighted by atomic mass is 10.1. The van der Waals surface area contributed by atoms with Crippen LogP contribution in [0.25, 0.3) is 0 Å². The highest BCUT2D eigenvalue weighted by Crippen LogP contribution is 2.35. The van der Waals surface area contributed by atoms with Crippen LogP contribution in [0.1, 0.15) is 48.4 Å². The monoisotopic (exact) mass is 471 g/mol. The van der Waals surface area contributed by atoms with Crippen molar-refractivity contribution in [3.05, 3.63) is 74.6 Å². The molecule has 166 valence electrons. The Bertz CT molecular complexity index is 1190.